The molecule has 3 aromatic carbocycles. The molecule has 0 unspecified atom stereocenters. The second-order valence-corrected chi connectivity index (χ2v) is 9.37. The Morgan fingerprint density at radius 3 is 2.47 bits per heavy atom. The van der Waals surface area contributed by atoms with Gasteiger partial charge >= 0.3 is 0 Å². The van der Waals surface area contributed by atoms with Gasteiger partial charge in [0, 0.05) is 23.8 Å². The van der Waals surface area contributed by atoms with Crippen molar-refractivity contribution >= 4 is 22.5 Å². The summed E-state index contributed by atoms with van der Waals surface area (Å²) in [5.74, 6) is -0.327. The van der Waals surface area contributed by atoms with Crippen molar-refractivity contribution in [1.29, 1.82) is 0 Å². The monoisotopic (exact) mass is 483 g/mol. The largest absolute Gasteiger partial charge is 0.497 e. The van der Waals surface area contributed by atoms with E-state index in [0.29, 0.717) is 11.3 Å². The normalized spacial score (nSPS) is 14.1. The van der Waals surface area contributed by atoms with Gasteiger partial charge in [-0.05, 0) is 91.5 Å². The summed E-state index contributed by atoms with van der Waals surface area (Å²) in [7, 11) is 1.60. The number of aryl methyl sites for hydroxylation is 1. The number of likely N-dealkylation sites (tertiary alicyclic amines) is 1. The number of ether oxygens (including phenoxy) is 1. The van der Waals surface area contributed by atoms with Gasteiger partial charge in [0.1, 0.15) is 11.6 Å². The lowest BCUT2D eigenvalue weighted by molar-refractivity contribution is 0.102. The fourth-order valence-corrected chi connectivity index (χ4v) is 4.84. The molecule has 1 aromatic heterocycles. The third-order valence-corrected chi connectivity index (χ3v) is 6.90. The molecule has 1 N–H and O–H groups in total. The van der Waals surface area contributed by atoms with E-state index in [1.54, 1.807) is 13.2 Å². The van der Waals surface area contributed by atoms with Crippen LogP contribution in [0.15, 0.2) is 66.9 Å². The number of nitrogens with zero attached hydrogens (tertiary/aromatic N) is 2. The molecule has 4 aromatic rings. The lowest BCUT2D eigenvalue weighted by Gasteiger charge is -2.26. The van der Waals surface area contributed by atoms with E-state index in [1.807, 2.05) is 49.5 Å². The molecular weight excluding hydrogens is 453 g/mol. The number of benzene rings is 3. The van der Waals surface area contributed by atoms with E-state index in [4.69, 9.17) is 9.72 Å². The zero-order valence-electron chi connectivity index (χ0n) is 20.7. The number of rotatable bonds is 6. The summed E-state index contributed by atoms with van der Waals surface area (Å²) < 4.78 is 20.1. The van der Waals surface area contributed by atoms with Crippen LogP contribution in [0.4, 0.5) is 10.1 Å². The number of aromatic nitrogens is 1. The maximum Gasteiger partial charge on any atom is 0.258 e. The maximum atomic E-state index is 14.9. The number of methoxy groups -OCH3 is 1. The Hall–Kier alpha value is -3.77. The molecule has 0 spiro atoms. The van der Waals surface area contributed by atoms with Crippen molar-refractivity contribution in [3.05, 3.63) is 89.4 Å². The summed E-state index contributed by atoms with van der Waals surface area (Å²) in [5, 5.41) is 3.91. The Morgan fingerprint density at radius 2 is 1.75 bits per heavy atom. The summed E-state index contributed by atoms with van der Waals surface area (Å²) in [4.78, 5) is 20.1. The van der Waals surface area contributed by atoms with Crippen molar-refractivity contribution < 1.29 is 13.9 Å². The topological polar surface area (TPSA) is 54.5 Å². The number of piperidine rings is 1. The van der Waals surface area contributed by atoms with Crippen molar-refractivity contribution in [2.75, 3.05) is 25.5 Å². The van der Waals surface area contributed by atoms with Gasteiger partial charge in [-0.3, -0.25) is 14.7 Å². The second kappa shape index (κ2) is 10.5. The van der Waals surface area contributed by atoms with Gasteiger partial charge in [-0.2, -0.15) is 0 Å². The van der Waals surface area contributed by atoms with Gasteiger partial charge < -0.3 is 10.1 Å². The van der Waals surface area contributed by atoms with Gasteiger partial charge in [-0.1, -0.05) is 30.7 Å². The van der Waals surface area contributed by atoms with E-state index >= 15 is 0 Å². The number of anilines is 1. The Kier molecular flexibility index (Phi) is 6.96. The zero-order valence-corrected chi connectivity index (χ0v) is 20.7. The molecule has 0 aliphatic carbocycles. The van der Waals surface area contributed by atoms with E-state index in [0.717, 1.165) is 47.4 Å². The Labute approximate surface area is 210 Å². The summed E-state index contributed by atoms with van der Waals surface area (Å²) in [6.45, 7) is 5.12. The highest BCUT2D eigenvalue weighted by atomic mass is 19.1. The number of carbonyl (C=O) groups excluding carboxylic acids is 1. The van der Waals surface area contributed by atoms with Crippen molar-refractivity contribution in [2.24, 2.45) is 0 Å². The van der Waals surface area contributed by atoms with Gasteiger partial charge in [0.15, 0.2) is 0 Å². The quantitative estimate of drug-likeness (QED) is 0.336. The molecule has 1 aliphatic rings. The van der Waals surface area contributed by atoms with Crippen LogP contribution in [0.1, 0.15) is 40.7 Å². The molecule has 5 rings (SSSR count). The minimum absolute atomic E-state index is 0.00315. The molecule has 1 amide bonds. The van der Waals surface area contributed by atoms with Crippen LogP contribution in [0.3, 0.4) is 0 Å². The molecule has 0 radical (unpaired) electrons. The Balaban J connectivity index is 1.32. The standard InChI is InChI=1S/C30H30FN3O2/c1-20-28(13-9-24-16-21(18-32-29(20)24)19-34-14-4-3-5-15-34)33-30(35)26-12-8-23(17-27(26)31)22-6-10-25(36-2)11-7-22/h6-13,16-18H,3-5,14-15,19H2,1-2H3,(H,33,35). The SMILES string of the molecule is COc1ccc(-c2ccc(C(=O)Nc3ccc4cc(CN5CCCCC5)cnc4c3C)c(F)c2)cc1. The van der Waals surface area contributed by atoms with Crippen LogP contribution in [0, 0.1) is 12.7 Å². The average molecular weight is 484 g/mol. The summed E-state index contributed by atoms with van der Waals surface area (Å²) in [6, 6.07) is 18.0. The summed E-state index contributed by atoms with van der Waals surface area (Å²) in [6.07, 6.45) is 5.76. The fourth-order valence-electron chi connectivity index (χ4n) is 4.84. The molecule has 1 aliphatic heterocycles. The van der Waals surface area contributed by atoms with E-state index < -0.39 is 11.7 Å². The first-order valence-electron chi connectivity index (χ1n) is 12.4. The minimum atomic E-state index is -0.570. The number of carbonyl (C=O) groups is 1. The van der Waals surface area contributed by atoms with Crippen molar-refractivity contribution in [3.8, 4) is 16.9 Å². The van der Waals surface area contributed by atoms with Crippen LogP contribution in [-0.4, -0.2) is 36.0 Å². The van der Waals surface area contributed by atoms with Gasteiger partial charge in [0.25, 0.3) is 5.91 Å². The first-order chi connectivity index (χ1) is 17.5. The van der Waals surface area contributed by atoms with Crippen molar-refractivity contribution in [1.82, 2.24) is 9.88 Å². The number of pyridine rings is 1. The van der Waals surface area contributed by atoms with Gasteiger partial charge in [-0.15, -0.1) is 0 Å². The van der Waals surface area contributed by atoms with Crippen LogP contribution < -0.4 is 10.1 Å². The number of hydrogen-bond acceptors (Lipinski definition) is 4. The third-order valence-electron chi connectivity index (χ3n) is 6.90. The molecule has 6 heteroatoms. The van der Waals surface area contributed by atoms with Gasteiger partial charge in [0.2, 0.25) is 0 Å². The predicted octanol–water partition coefficient (Wildman–Crippen LogP) is 6.60. The third kappa shape index (κ3) is 5.09. The Bertz CT molecular complexity index is 1400. The number of hydrogen-bond donors (Lipinski definition) is 1. The van der Waals surface area contributed by atoms with Crippen LogP contribution in [0.2, 0.25) is 0 Å². The Morgan fingerprint density at radius 1 is 1.00 bits per heavy atom. The lowest BCUT2D eigenvalue weighted by atomic mass is 10.0. The summed E-state index contributed by atoms with van der Waals surface area (Å²) >= 11 is 0. The van der Waals surface area contributed by atoms with E-state index in [-0.39, 0.29) is 5.56 Å². The molecule has 1 fully saturated rings. The smallest absolute Gasteiger partial charge is 0.258 e. The fraction of sp³-hybridized carbons (Fsp3) is 0.267. The van der Waals surface area contributed by atoms with Crippen LogP contribution in [-0.2, 0) is 6.54 Å². The van der Waals surface area contributed by atoms with E-state index in [2.05, 4.69) is 16.3 Å². The van der Waals surface area contributed by atoms with Crippen LogP contribution in [0.25, 0.3) is 22.0 Å². The van der Waals surface area contributed by atoms with Gasteiger partial charge in [-0.25, -0.2) is 4.39 Å². The van der Waals surface area contributed by atoms with E-state index in [9.17, 15) is 9.18 Å². The highest BCUT2D eigenvalue weighted by Crippen LogP contribution is 2.28. The lowest BCUT2D eigenvalue weighted by Crippen LogP contribution is -2.29. The van der Waals surface area contributed by atoms with Gasteiger partial charge in [0.05, 0.1) is 18.2 Å². The number of fused-ring (bicyclic) bond motifs is 1. The molecule has 5 nitrogen and oxygen atoms in total. The molecule has 0 bridgehead atoms. The minimum Gasteiger partial charge on any atom is -0.497 e. The van der Waals surface area contributed by atoms with Crippen molar-refractivity contribution in [2.45, 2.75) is 32.7 Å². The molecule has 2 heterocycles. The molecular formula is C30H30FN3O2. The average Bonchev–Trinajstić information content (AvgIpc) is 2.91. The van der Waals surface area contributed by atoms with Crippen LogP contribution >= 0.6 is 0 Å². The molecule has 36 heavy (non-hydrogen) atoms. The molecule has 0 saturated carbocycles. The summed E-state index contributed by atoms with van der Waals surface area (Å²) in [5.41, 5.74) is 5.06. The predicted molar refractivity (Wildman–Crippen MR) is 142 cm³/mol. The number of halogens is 1. The second-order valence-electron chi connectivity index (χ2n) is 9.37. The molecule has 184 valence electrons. The maximum absolute atomic E-state index is 14.9. The first kappa shape index (κ1) is 23.9. The zero-order chi connectivity index (χ0) is 25.1. The first-order valence-corrected chi connectivity index (χ1v) is 12.4. The molecule has 0 atom stereocenters. The number of nitrogens with one attached hydrogen (secondary N) is 1. The highest BCUT2D eigenvalue weighted by Gasteiger charge is 2.16. The highest BCUT2D eigenvalue weighted by molar-refractivity contribution is 6.06. The molecule has 1 saturated heterocycles. The number of amides is 1. The van der Waals surface area contributed by atoms with Crippen molar-refractivity contribution in [3.63, 3.8) is 0 Å². The van der Waals surface area contributed by atoms with Crippen LogP contribution in [0.5, 0.6) is 5.75 Å². The van der Waals surface area contributed by atoms with E-state index in [1.165, 1.54) is 37.0 Å².